The molecular formula is C18H19Cl2NOTi. The van der Waals surface area contributed by atoms with Crippen molar-refractivity contribution in [3.05, 3.63) is 59.7 Å². The van der Waals surface area contributed by atoms with Crippen LogP contribution in [0.4, 0.5) is 5.69 Å². The molecule has 0 unspecified atom stereocenters. The molecule has 0 aromatic heterocycles. The Morgan fingerprint density at radius 2 is 1.65 bits per heavy atom. The van der Waals surface area contributed by atoms with E-state index in [4.69, 9.17) is 18.6 Å². The third kappa shape index (κ3) is 5.65. The third-order valence-corrected chi connectivity index (χ3v) is 4.00. The van der Waals surface area contributed by atoms with E-state index in [2.05, 4.69) is 4.99 Å². The molecule has 1 N–H and O–H groups in total. The quantitative estimate of drug-likeness (QED) is 0.498. The Balaban J connectivity index is 0.000000595. The molecule has 1 fully saturated rings. The number of para-hydroxylation sites is 2. The number of benzene rings is 2. The molecule has 1 saturated carbocycles. The first-order valence-corrected chi connectivity index (χ1v) is 11.9. The monoisotopic (exact) mass is 383 g/mol. The summed E-state index contributed by atoms with van der Waals surface area (Å²) in [5, 5.41) is 10.4. The van der Waals surface area contributed by atoms with Gasteiger partial charge in [0.15, 0.2) is 0 Å². The zero-order chi connectivity index (χ0) is 16.5. The first-order valence-electron chi connectivity index (χ1n) is 7.63. The van der Waals surface area contributed by atoms with Crippen molar-refractivity contribution in [3.63, 3.8) is 0 Å². The topological polar surface area (TPSA) is 32.6 Å². The van der Waals surface area contributed by atoms with E-state index in [-0.39, 0.29) is 0 Å². The fourth-order valence-electron chi connectivity index (χ4n) is 2.91. The summed E-state index contributed by atoms with van der Waals surface area (Å²) < 4.78 is 0. The molecule has 0 amide bonds. The van der Waals surface area contributed by atoms with Gasteiger partial charge in [-0.2, -0.15) is 0 Å². The molecule has 2 nitrogen and oxygen atoms in total. The molecule has 0 heterocycles. The summed E-state index contributed by atoms with van der Waals surface area (Å²) in [7, 11) is 9.78. The van der Waals surface area contributed by atoms with Crippen LogP contribution in [0.3, 0.4) is 0 Å². The van der Waals surface area contributed by atoms with Crippen LogP contribution in [0.15, 0.2) is 53.5 Å². The van der Waals surface area contributed by atoms with Gasteiger partial charge in [-0.3, -0.25) is 4.99 Å². The predicted octanol–water partition coefficient (Wildman–Crippen LogP) is 6.18. The van der Waals surface area contributed by atoms with E-state index < -0.39 is 17.0 Å². The number of hydrogen-bond donors (Lipinski definition) is 1. The molecule has 1 aliphatic carbocycles. The minimum atomic E-state index is -0.556. The standard InChI is InChI=1S/C18H19NO.2ClH.Ti/c20-18-15(13-19-16-10-2-1-3-11-16)9-6-12-17(18)14-7-4-5-8-14;;;/h1-3,6,9-14,20H,4-5,7-8H2;2*1H;/q;;;+2/p-2. The van der Waals surface area contributed by atoms with Gasteiger partial charge >= 0.3 is 35.6 Å². The fourth-order valence-corrected chi connectivity index (χ4v) is 2.91. The molecule has 2 aromatic rings. The van der Waals surface area contributed by atoms with Crippen molar-refractivity contribution < 1.29 is 22.1 Å². The van der Waals surface area contributed by atoms with E-state index in [9.17, 15) is 5.11 Å². The average molecular weight is 384 g/mol. The summed E-state index contributed by atoms with van der Waals surface area (Å²) in [5.74, 6) is 0.916. The molecule has 23 heavy (non-hydrogen) atoms. The Morgan fingerprint density at radius 3 is 2.30 bits per heavy atom. The van der Waals surface area contributed by atoms with E-state index in [1.54, 1.807) is 6.21 Å². The Morgan fingerprint density at radius 1 is 1.00 bits per heavy atom. The van der Waals surface area contributed by atoms with Crippen molar-refractivity contribution in [1.82, 2.24) is 0 Å². The van der Waals surface area contributed by atoms with Crippen LogP contribution in [0.2, 0.25) is 0 Å². The maximum atomic E-state index is 10.4. The third-order valence-electron chi connectivity index (χ3n) is 4.00. The number of nitrogens with zero attached hydrogens (tertiary/aromatic N) is 1. The fraction of sp³-hybridized carbons (Fsp3) is 0.278. The van der Waals surface area contributed by atoms with Gasteiger partial charge in [-0.15, -0.1) is 0 Å². The molecule has 0 spiro atoms. The summed E-state index contributed by atoms with van der Waals surface area (Å²) >= 11 is -0.556. The molecule has 3 rings (SSSR count). The molecule has 0 aliphatic heterocycles. The van der Waals surface area contributed by atoms with Crippen LogP contribution >= 0.6 is 18.6 Å². The number of halogens is 2. The van der Waals surface area contributed by atoms with E-state index >= 15 is 0 Å². The summed E-state index contributed by atoms with van der Waals surface area (Å²) in [6.07, 6.45) is 6.67. The summed E-state index contributed by atoms with van der Waals surface area (Å²) in [4.78, 5) is 4.42. The number of phenols is 1. The summed E-state index contributed by atoms with van der Waals surface area (Å²) in [6, 6.07) is 15.8. The van der Waals surface area contributed by atoms with Crippen molar-refractivity contribution in [2.45, 2.75) is 31.6 Å². The zero-order valence-electron chi connectivity index (χ0n) is 12.8. The van der Waals surface area contributed by atoms with E-state index in [1.807, 2.05) is 48.5 Å². The van der Waals surface area contributed by atoms with Crippen LogP contribution < -0.4 is 0 Å². The molecule has 0 saturated heterocycles. The number of aliphatic imine (C=N–C) groups is 1. The van der Waals surface area contributed by atoms with Gasteiger partial charge in [-0.05, 0) is 42.5 Å². The van der Waals surface area contributed by atoms with Crippen LogP contribution in [-0.4, -0.2) is 11.3 Å². The van der Waals surface area contributed by atoms with Gasteiger partial charge < -0.3 is 5.11 Å². The van der Waals surface area contributed by atoms with Crippen molar-refractivity contribution >= 4 is 30.5 Å². The SMILES string of the molecule is Oc1c(C=Nc2ccccc2)cccc1C1CCCC1.[Cl][Ti][Cl]. The number of rotatable bonds is 3. The van der Waals surface area contributed by atoms with Crippen molar-refractivity contribution in [3.8, 4) is 5.75 Å². The Bertz CT molecular complexity index is 628. The first-order chi connectivity index (χ1) is 11.3. The minimum absolute atomic E-state index is 0.402. The Kier molecular flexibility index (Phi) is 8.18. The van der Waals surface area contributed by atoms with E-state index in [0.717, 1.165) is 16.8 Å². The predicted molar refractivity (Wildman–Crippen MR) is 94.7 cm³/mol. The number of hydrogen-bond acceptors (Lipinski definition) is 2. The van der Waals surface area contributed by atoms with Gasteiger partial charge in [0.2, 0.25) is 0 Å². The second kappa shape index (κ2) is 10.1. The number of phenolic OH excluding ortho intramolecular Hbond substituents is 1. The van der Waals surface area contributed by atoms with Crippen LogP contribution in [0.1, 0.15) is 42.7 Å². The second-order valence-corrected chi connectivity index (χ2v) is 8.01. The molecule has 5 heteroatoms. The average Bonchev–Trinajstić information content (AvgIpc) is 3.10. The van der Waals surface area contributed by atoms with Gasteiger partial charge in [0.25, 0.3) is 0 Å². The molecule has 120 valence electrons. The molecular weight excluding hydrogens is 365 g/mol. The Hall–Kier alpha value is -0.796. The number of aromatic hydroxyl groups is 1. The van der Waals surface area contributed by atoms with Gasteiger partial charge in [-0.1, -0.05) is 43.2 Å². The van der Waals surface area contributed by atoms with Crippen molar-refractivity contribution in [2.24, 2.45) is 4.99 Å². The molecule has 0 radical (unpaired) electrons. The van der Waals surface area contributed by atoms with E-state index in [0.29, 0.717) is 11.7 Å². The van der Waals surface area contributed by atoms with Crippen LogP contribution in [0.25, 0.3) is 0 Å². The van der Waals surface area contributed by atoms with E-state index in [1.165, 1.54) is 25.7 Å². The van der Waals surface area contributed by atoms with Gasteiger partial charge in [0, 0.05) is 11.8 Å². The zero-order valence-corrected chi connectivity index (χ0v) is 15.8. The van der Waals surface area contributed by atoms with Gasteiger partial charge in [0.05, 0.1) is 5.69 Å². The Labute approximate surface area is 154 Å². The van der Waals surface area contributed by atoms with Crippen LogP contribution in [0, 0.1) is 0 Å². The maximum absolute atomic E-state index is 10.4. The normalized spacial score (nSPS) is 14.5. The molecule has 0 atom stereocenters. The van der Waals surface area contributed by atoms with Crippen molar-refractivity contribution in [1.29, 1.82) is 0 Å². The summed E-state index contributed by atoms with van der Waals surface area (Å²) in [6.45, 7) is 0. The van der Waals surface area contributed by atoms with Crippen molar-refractivity contribution in [2.75, 3.05) is 0 Å². The summed E-state index contributed by atoms with van der Waals surface area (Å²) in [5.41, 5.74) is 2.79. The second-order valence-electron chi connectivity index (χ2n) is 5.43. The van der Waals surface area contributed by atoms with Gasteiger partial charge in [0.1, 0.15) is 5.75 Å². The molecule has 2 aromatic carbocycles. The van der Waals surface area contributed by atoms with Crippen LogP contribution in [0.5, 0.6) is 5.75 Å². The van der Waals surface area contributed by atoms with Gasteiger partial charge in [-0.25, -0.2) is 0 Å². The van der Waals surface area contributed by atoms with Crippen LogP contribution in [-0.2, 0) is 17.0 Å². The first kappa shape index (κ1) is 18.5. The molecule has 1 aliphatic rings. The molecule has 0 bridgehead atoms.